The van der Waals surface area contributed by atoms with Crippen molar-refractivity contribution in [3.05, 3.63) is 0 Å². The van der Waals surface area contributed by atoms with E-state index in [-0.39, 0.29) is 0 Å². The molecule has 0 heterocycles. The Morgan fingerprint density at radius 2 is 2.43 bits per heavy atom. The average molecular weight is 121 g/mol. The zero-order valence-corrected chi connectivity index (χ0v) is 4.77. The predicted octanol–water partition coefficient (Wildman–Crippen LogP) is -0.106. The normalized spacial score (nSPS) is 13.4. The molecule has 2 N–H and O–H groups in total. The molecule has 0 radical (unpaired) electrons. The van der Waals surface area contributed by atoms with E-state index in [0.29, 0.717) is 0 Å². The molecule has 0 bridgehead atoms. The van der Waals surface area contributed by atoms with E-state index in [1.54, 1.807) is 0 Å². The van der Waals surface area contributed by atoms with Gasteiger partial charge in [-0.2, -0.15) is 0 Å². The lowest BCUT2D eigenvalue weighted by Crippen LogP contribution is -2.26. The average Bonchev–Trinajstić information content (AvgIpc) is 1.65. The van der Waals surface area contributed by atoms with Crippen molar-refractivity contribution >= 4 is 18.8 Å². The van der Waals surface area contributed by atoms with Crippen molar-refractivity contribution in [2.45, 2.75) is 13.0 Å². The second kappa shape index (κ2) is 2.87. The quantitative estimate of drug-likeness (QED) is 0.447. The summed E-state index contributed by atoms with van der Waals surface area (Å²) in [6.07, 6.45) is 0. The molecule has 4 heteroatoms. The fraction of sp³-hybridized carbons (Fsp3) is 0.667. The van der Waals surface area contributed by atoms with Gasteiger partial charge >= 0.3 is 5.97 Å². The van der Waals surface area contributed by atoms with Crippen LogP contribution < -0.4 is 4.72 Å². The molecule has 0 amide bonds. The van der Waals surface area contributed by atoms with Crippen LogP contribution in [-0.4, -0.2) is 17.1 Å². The molecule has 0 aromatic carbocycles. The van der Waals surface area contributed by atoms with E-state index >= 15 is 0 Å². The lowest BCUT2D eigenvalue weighted by Gasteiger charge is -1.98. The van der Waals surface area contributed by atoms with E-state index in [2.05, 4.69) is 17.5 Å². The van der Waals surface area contributed by atoms with Gasteiger partial charge in [-0.05, 0) is 6.92 Å². The number of thiol groups is 1. The van der Waals surface area contributed by atoms with Crippen molar-refractivity contribution in [1.29, 1.82) is 0 Å². The van der Waals surface area contributed by atoms with Gasteiger partial charge in [0.25, 0.3) is 0 Å². The van der Waals surface area contributed by atoms with Crippen LogP contribution in [0.4, 0.5) is 0 Å². The minimum atomic E-state index is -0.894. The molecular formula is C3H7NO2S. The fourth-order valence-corrected chi connectivity index (χ4v) is 0.166. The Hall–Kier alpha value is -0.220. The van der Waals surface area contributed by atoms with E-state index in [9.17, 15) is 4.79 Å². The SMILES string of the molecule is C[C@H](NS)C(=O)O. The Morgan fingerprint density at radius 3 is 2.43 bits per heavy atom. The van der Waals surface area contributed by atoms with Crippen molar-refractivity contribution in [1.82, 2.24) is 4.72 Å². The molecule has 7 heavy (non-hydrogen) atoms. The van der Waals surface area contributed by atoms with Gasteiger partial charge in [0.05, 0.1) is 0 Å². The monoisotopic (exact) mass is 121 g/mol. The molecule has 0 aliphatic carbocycles. The van der Waals surface area contributed by atoms with Crippen LogP contribution in [0.2, 0.25) is 0 Å². The third kappa shape index (κ3) is 2.47. The summed E-state index contributed by atoms with van der Waals surface area (Å²) in [7, 11) is 0. The summed E-state index contributed by atoms with van der Waals surface area (Å²) < 4.78 is 2.26. The summed E-state index contributed by atoms with van der Waals surface area (Å²) in [5.41, 5.74) is 0. The lowest BCUT2D eigenvalue weighted by atomic mass is 10.4. The van der Waals surface area contributed by atoms with Gasteiger partial charge in [-0.25, -0.2) is 0 Å². The highest BCUT2D eigenvalue weighted by Gasteiger charge is 2.04. The summed E-state index contributed by atoms with van der Waals surface area (Å²) in [5, 5.41) is 8.07. The molecule has 0 saturated carbocycles. The van der Waals surface area contributed by atoms with Crippen LogP contribution in [0.15, 0.2) is 0 Å². The first-order valence-corrected chi connectivity index (χ1v) is 2.25. The molecule has 0 aromatic rings. The van der Waals surface area contributed by atoms with Gasteiger partial charge in [-0.3, -0.25) is 9.52 Å². The van der Waals surface area contributed by atoms with Gasteiger partial charge in [-0.15, -0.1) is 0 Å². The van der Waals surface area contributed by atoms with Gasteiger partial charge in [0.15, 0.2) is 0 Å². The molecule has 0 fully saturated rings. The van der Waals surface area contributed by atoms with Crippen molar-refractivity contribution in [3.8, 4) is 0 Å². The molecule has 0 saturated heterocycles. The molecule has 0 unspecified atom stereocenters. The van der Waals surface area contributed by atoms with E-state index < -0.39 is 12.0 Å². The van der Waals surface area contributed by atoms with Crippen LogP contribution in [0, 0.1) is 0 Å². The van der Waals surface area contributed by atoms with Crippen LogP contribution >= 0.6 is 12.8 Å². The first-order valence-electron chi connectivity index (χ1n) is 1.81. The van der Waals surface area contributed by atoms with Crippen molar-refractivity contribution in [3.63, 3.8) is 0 Å². The fourth-order valence-electron chi connectivity index (χ4n) is 0.0552. The minimum absolute atomic E-state index is 0.566. The lowest BCUT2D eigenvalue weighted by molar-refractivity contribution is -0.138. The number of carbonyl (C=O) groups is 1. The van der Waals surface area contributed by atoms with E-state index in [1.807, 2.05) is 0 Å². The van der Waals surface area contributed by atoms with Crippen LogP contribution in [-0.2, 0) is 4.79 Å². The number of carboxylic acid groups (broad SMARTS) is 1. The Kier molecular flexibility index (Phi) is 2.78. The van der Waals surface area contributed by atoms with Crippen LogP contribution in [0.25, 0.3) is 0 Å². The largest absolute Gasteiger partial charge is 0.480 e. The second-order valence-electron chi connectivity index (χ2n) is 1.19. The first-order chi connectivity index (χ1) is 3.18. The van der Waals surface area contributed by atoms with Crippen LogP contribution in [0.3, 0.4) is 0 Å². The number of hydrogen-bond donors (Lipinski definition) is 3. The summed E-state index contributed by atoms with van der Waals surface area (Å²) in [5.74, 6) is -0.894. The Bertz CT molecular complexity index is 75.3. The van der Waals surface area contributed by atoms with Crippen molar-refractivity contribution in [2.75, 3.05) is 0 Å². The molecule has 0 aromatic heterocycles. The van der Waals surface area contributed by atoms with Gasteiger partial charge in [-0.1, -0.05) is 12.8 Å². The number of rotatable bonds is 2. The summed E-state index contributed by atoms with van der Waals surface area (Å²) >= 11 is 3.52. The molecule has 0 rings (SSSR count). The zero-order chi connectivity index (χ0) is 5.86. The summed E-state index contributed by atoms with van der Waals surface area (Å²) in [6.45, 7) is 1.51. The Labute approximate surface area is 47.3 Å². The highest BCUT2D eigenvalue weighted by Crippen LogP contribution is 1.79. The standard InChI is InChI=1S/C3H7NO2S/c1-2(4-7)3(5)6/h2,4,7H,1H3,(H,5,6)/t2-/m0/s1. The number of nitrogens with one attached hydrogen (secondary N) is 1. The number of aliphatic carboxylic acids is 1. The minimum Gasteiger partial charge on any atom is -0.480 e. The maximum Gasteiger partial charge on any atom is 0.321 e. The highest BCUT2D eigenvalue weighted by atomic mass is 32.1. The third-order valence-electron chi connectivity index (χ3n) is 0.564. The van der Waals surface area contributed by atoms with E-state index in [1.165, 1.54) is 6.92 Å². The van der Waals surface area contributed by atoms with Crippen molar-refractivity contribution in [2.24, 2.45) is 0 Å². The topological polar surface area (TPSA) is 49.3 Å². The number of hydrogen-bond acceptors (Lipinski definition) is 3. The Balaban J connectivity index is 3.34. The second-order valence-corrected chi connectivity index (χ2v) is 1.45. The predicted molar refractivity (Wildman–Crippen MR) is 29.2 cm³/mol. The summed E-state index contributed by atoms with van der Waals surface area (Å²) in [4.78, 5) is 9.82. The molecule has 1 atom stereocenters. The zero-order valence-electron chi connectivity index (χ0n) is 3.88. The van der Waals surface area contributed by atoms with Crippen LogP contribution in [0.1, 0.15) is 6.92 Å². The highest BCUT2D eigenvalue weighted by molar-refractivity contribution is 7.78. The van der Waals surface area contributed by atoms with Gasteiger partial charge in [0.1, 0.15) is 6.04 Å². The van der Waals surface area contributed by atoms with Crippen molar-refractivity contribution < 1.29 is 9.90 Å². The molecule has 3 nitrogen and oxygen atoms in total. The maximum absolute atomic E-state index is 9.82. The molecular weight excluding hydrogens is 114 g/mol. The van der Waals surface area contributed by atoms with Crippen LogP contribution in [0.5, 0.6) is 0 Å². The van der Waals surface area contributed by atoms with E-state index in [0.717, 1.165) is 0 Å². The van der Waals surface area contributed by atoms with E-state index in [4.69, 9.17) is 5.11 Å². The first kappa shape index (κ1) is 6.78. The molecule has 42 valence electrons. The molecule has 0 spiro atoms. The van der Waals surface area contributed by atoms with Gasteiger partial charge < -0.3 is 5.11 Å². The smallest absolute Gasteiger partial charge is 0.321 e. The van der Waals surface area contributed by atoms with Gasteiger partial charge in [0, 0.05) is 0 Å². The summed E-state index contributed by atoms with van der Waals surface area (Å²) in [6, 6.07) is -0.566. The third-order valence-corrected chi connectivity index (χ3v) is 0.951. The maximum atomic E-state index is 9.82. The molecule has 0 aliphatic heterocycles. The molecule has 0 aliphatic rings. The van der Waals surface area contributed by atoms with Gasteiger partial charge in [0.2, 0.25) is 0 Å². The number of carboxylic acids is 1. The Morgan fingerprint density at radius 1 is 2.00 bits per heavy atom.